The molecule has 0 aromatic heterocycles. The number of benzene rings is 4. The predicted molar refractivity (Wildman–Crippen MR) is 217 cm³/mol. The topological polar surface area (TPSA) is 45.7 Å². The lowest BCUT2D eigenvalue weighted by Crippen LogP contribution is -2.55. The van der Waals surface area contributed by atoms with Crippen molar-refractivity contribution in [1.29, 1.82) is 0 Å². The second-order valence-electron chi connectivity index (χ2n) is 14.2. The van der Waals surface area contributed by atoms with Crippen LogP contribution in [0.2, 0.25) is 0 Å². The number of aryl methyl sites for hydroxylation is 1. The summed E-state index contributed by atoms with van der Waals surface area (Å²) >= 11 is 0. The molecule has 0 amide bonds. The van der Waals surface area contributed by atoms with Crippen molar-refractivity contribution in [2.45, 2.75) is 58.3 Å². The zero-order valence-corrected chi connectivity index (χ0v) is 30.2. The fourth-order valence-corrected chi connectivity index (χ4v) is 8.21. The molecule has 0 bridgehead atoms. The number of ether oxygens (including phenoxy) is 1. The van der Waals surface area contributed by atoms with E-state index in [1.54, 1.807) is 0 Å². The van der Waals surface area contributed by atoms with Crippen LogP contribution in [0.4, 0.5) is 0 Å². The Morgan fingerprint density at radius 1 is 0.846 bits per heavy atom. The van der Waals surface area contributed by atoms with Gasteiger partial charge < -0.3 is 10.1 Å². The molecule has 0 fully saturated rings. The first-order valence-electron chi connectivity index (χ1n) is 18.8. The van der Waals surface area contributed by atoms with E-state index >= 15 is 0 Å². The van der Waals surface area contributed by atoms with Gasteiger partial charge in [0.05, 0.1) is 6.17 Å². The molecule has 4 aliphatic rings. The molecule has 2 heterocycles. The van der Waals surface area contributed by atoms with E-state index in [9.17, 15) is 0 Å². The lowest BCUT2D eigenvalue weighted by Gasteiger charge is -2.38. The van der Waals surface area contributed by atoms with Gasteiger partial charge in [0.1, 0.15) is 23.5 Å². The minimum absolute atomic E-state index is 0.0860. The molecule has 8 rings (SSSR count). The number of nitrogens with one attached hydrogen (secondary N) is 2. The highest BCUT2D eigenvalue weighted by Gasteiger charge is 2.32. The number of hydrogen-bond donors (Lipinski definition) is 2. The third-order valence-corrected chi connectivity index (χ3v) is 10.9. The summed E-state index contributed by atoms with van der Waals surface area (Å²) < 4.78 is 7.03. The highest BCUT2D eigenvalue weighted by Crippen LogP contribution is 2.48. The van der Waals surface area contributed by atoms with Crippen LogP contribution in [0.25, 0.3) is 22.3 Å². The van der Waals surface area contributed by atoms with Gasteiger partial charge in [0, 0.05) is 22.6 Å². The summed E-state index contributed by atoms with van der Waals surface area (Å²) in [5.74, 6) is 3.54. The predicted octanol–water partition coefficient (Wildman–Crippen LogP) is 11.5. The zero-order chi connectivity index (χ0) is 35.4. The Morgan fingerprint density at radius 3 is 2.38 bits per heavy atom. The number of aliphatic imine (C=N–C) groups is 1. The monoisotopic (exact) mass is 681 g/mol. The summed E-state index contributed by atoms with van der Waals surface area (Å²) in [6, 6.07) is 32.3. The van der Waals surface area contributed by atoms with Crippen molar-refractivity contribution in [3.05, 3.63) is 180 Å². The van der Waals surface area contributed by atoms with E-state index in [-0.39, 0.29) is 12.3 Å². The fourth-order valence-electron chi connectivity index (χ4n) is 8.21. The van der Waals surface area contributed by atoms with E-state index in [1.165, 1.54) is 33.4 Å². The van der Waals surface area contributed by atoms with Crippen LogP contribution in [0.3, 0.4) is 0 Å². The lowest BCUT2D eigenvalue weighted by molar-refractivity contribution is 0.293. The van der Waals surface area contributed by atoms with Gasteiger partial charge in [-0.1, -0.05) is 134 Å². The van der Waals surface area contributed by atoms with Gasteiger partial charge in [-0.2, -0.15) is 0 Å². The van der Waals surface area contributed by atoms with Crippen LogP contribution in [-0.2, 0) is 6.42 Å². The van der Waals surface area contributed by atoms with Gasteiger partial charge in [-0.3, -0.25) is 5.32 Å². The summed E-state index contributed by atoms with van der Waals surface area (Å²) in [7, 11) is 0. The van der Waals surface area contributed by atoms with Crippen molar-refractivity contribution in [2.75, 3.05) is 0 Å². The molecule has 0 saturated heterocycles. The minimum atomic E-state index is -0.0864. The van der Waals surface area contributed by atoms with Crippen LogP contribution in [0.1, 0.15) is 66.6 Å². The molecule has 2 aliphatic carbocycles. The Kier molecular flexibility index (Phi) is 9.74. The minimum Gasteiger partial charge on any atom is -0.456 e. The third-order valence-electron chi connectivity index (χ3n) is 10.9. The summed E-state index contributed by atoms with van der Waals surface area (Å²) in [4.78, 5) is 5.17. The molecule has 0 spiro atoms. The number of rotatable bonds is 8. The summed E-state index contributed by atoms with van der Waals surface area (Å²) in [5, 5.41) is 7.68. The van der Waals surface area contributed by atoms with Crippen molar-refractivity contribution in [1.82, 2.24) is 10.6 Å². The Bertz CT molecular complexity index is 2160. The van der Waals surface area contributed by atoms with Gasteiger partial charge in [-0.15, -0.1) is 0 Å². The smallest absolute Gasteiger partial charge is 0.139 e. The van der Waals surface area contributed by atoms with Crippen LogP contribution in [0, 0.1) is 18.8 Å². The maximum absolute atomic E-state index is 7.03. The second-order valence-corrected chi connectivity index (χ2v) is 14.2. The Morgan fingerprint density at radius 2 is 1.63 bits per heavy atom. The fraction of sp³-hybridized carbons (Fsp3) is 0.229. The van der Waals surface area contributed by atoms with Gasteiger partial charge in [0.2, 0.25) is 0 Å². The molecule has 4 nitrogen and oxygen atoms in total. The Balaban J connectivity index is 1.15. The normalized spacial score (nSPS) is 22.4. The molecule has 4 aromatic carbocycles. The van der Waals surface area contributed by atoms with E-state index in [2.05, 4.69) is 165 Å². The van der Waals surface area contributed by atoms with E-state index in [4.69, 9.17) is 9.73 Å². The van der Waals surface area contributed by atoms with Gasteiger partial charge in [0.25, 0.3) is 0 Å². The molecule has 4 atom stereocenters. The van der Waals surface area contributed by atoms with Crippen LogP contribution >= 0.6 is 0 Å². The van der Waals surface area contributed by atoms with Crippen molar-refractivity contribution in [2.24, 2.45) is 16.8 Å². The molecular formula is C48H47N3O. The molecule has 4 unspecified atom stereocenters. The number of para-hydroxylation sites is 1. The van der Waals surface area contributed by atoms with E-state index < -0.39 is 0 Å². The van der Waals surface area contributed by atoms with Gasteiger partial charge in [0.15, 0.2) is 0 Å². The maximum Gasteiger partial charge on any atom is 0.139 e. The quantitative estimate of drug-likeness (QED) is 0.182. The maximum atomic E-state index is 7.03. The summed E-state index contributed by atoms with van der Waals surface area (Å²) in [5.41, 5.74) is 11.9. The van der Waals surface area contributed by atoms with Gasteiger partial charge in [-0.05, 0) is 103 Å². The van der Waals surface area contributed by atoms with Gasteiger partial charge >= 0.3 is 0 Å². The lowest BCUT2D eigenvalue weighted by atomic mass is 9.80. The summed E-state index contributed by atoms with van der Waals surface area (Å²) in [6.45, 7) is 8.52. The molecule has 260 valence electrons. The van der Waals surface area contributed by atoms with Crippen LogP contribution in [-0.4, -0.2) is 12.0 Å². The van der Waals surface area contributed by atoms with Crippen molar-refractivity contribution >= 4 is 17.0 Å². The van der Waals surface area contributed by atoms with Crippen LogP contribution < -0.4 is 15.4 Å². The third kappa shape index (κ3) is 6.67. The molecule has 4 heteroatoms. The van der Waals surface area contributed by atoms with Crippen molar-refractivity contribution in [3.63, 3.8) is 0 Å². The standard InChI is InChI=1S/C48H47N3O/c1-4-16-39-37(5-2)41-23-14-15-24-44(41)52-45-42(39)30-29-40(38-22-13-12-17-32(38)3)43(45)31-33-25-27-36(28-26-33)48-50-46(34-18-8-6-9-19-34)49-47(51-48)35-20-10-7-11-21-35/h4-10,12-20,22-25,27,29-30,33,36,46,48,50H,2,11,21,26,28,31H2,1,3H3,(H,49,51)/b16-4-. The average Bonchev–Trinajstić information content (AvgIpc) is 3.33. The SMILES string of the molecule is C=CC1=C(/C=C\C)c2ccc(-c3ccccc3C)c(CC3C=CC(C4NC(C5=CC=CCC5)=NC(c5ccccc5)N4)CC3)c2Oc2ccccc21. The Labute approximate surface area is 308 Å². The highest BCUT2D eigenvalue weighted by atomic mass is 16.5. The molecule has 0 saturated carbocycles. The van der Waals surface area contributed by atoms with Crippen molar-refractivity contribution in [3.8, 4) is 22.6 Å². The van der Waals surface area contributed by atoms with E-state index in [0.29, 0.717) is 11.8 Å². The Hall–Kier alpha value is -5.45. The number of hydrogen-bond acceptors (Lipinski definition) is 4. The number of fused-ring (bicyclic) bond motifs is 2. The summed E-state index contributed by atoms with van der Waals surface area (Å²) in [6.07, 6.45) is 22.9. The first-order valence-corrected chi connectivity index (χ1v) is 18.8. The van der Waals surface area contributed by atoms with Gasteiger partial charge in [-0.25, -0.2) is 4.99 Å². The zero-order valence-electron chi connectivity index (χ0n) is 30.2. The molecule has 2 aliphatic heterocycles. The first kappa shape index (κ1) is 33.7. The second kappa shape index (κ2) is 15.0. The van der Waals surface area contributed by atoms with Crippen molar-refractivity contribution < 1.29 is 4.74 Å². The molecule has 4 aromatic rings. The largest absolute Gasteiger partial charge is 0.456 e. The first-order chi connectivity index (χ1) is 25.6. The molecule has 52 heavy (non-hydrogen) atoms. The van der Waals surface area contributed by atoms with Crippen LogP contribution in [0.15, 0.2) is 157 Å². The number of nitrogens with zero attached hydrogens (tertiary/aromatic N) is 1. The molecular weight excluding hydrogens is 635 g/mol. The average molecular weight is 682 g/mol. The van der Waals surface area contributed by atoms with E-state index in [0.717, 1.165) is 71.7 Å². The molecule has 0 radical (unpaired) electrons. The number of amidine groups is 1. The van der Waals surface area contributed by atoms with E-state index in [1.807, 2.05) is 6.08 Å². The van der Waals surface area contributed by atoms with Crippen LogP contribution in [0.5, 0.6) is 11.5 Å². The number of allylic oxidation sites excluding steroid dienone is 9. The highest BCUT2D eigenvalue weighted by molar-refractivity contribution is 6.03. The molecule has 2 N–H and O–H groups in total.